The average molecular weight is 806 g/mol. The first-order valence-corrected chi connectivity index (χ1v) is 19.7. The maximum Gasteiger partial charge on any atom is 0.296 e. The molecule has 0 amide bonds. The number of halogens is 1. The number of benzene rings is 2. The molecule has 0 radical (unpaired) electrons. The molecular weight excluding hydrogens is 774 g/mol. The Kier molecular flexibility index (Phi) is 13.8. The SMILES string of the molecule is C=CS(=O)CCNc1nc(NCCCOC)c(N=Nc2cc(Nc3nc(Cl)nc(Nc4cccc(S(=O)(=O)O)c4)n3)ccc2S(=O)(=O)O)c(C)c1C#N. The van der Waals surface area contributed by atoms with Crippen molar-refractivity contribution in [2.24, 2.45) is 10.2 Å². The van der Waals surface area contributed by atoms with Crippen LogP contribution < -0.4 is 21.3 Å². The number of aromatic nitrogens is 4. The van der Waals surface area contributed by atoms with Crippen LogP contribution in [-0.4, -0.2) is 82.6 Å². The molecule has 280 valence electrons. The third-order valence-electron chi connectivity index (χ3n) is 6.87. The topological polar surface area (TPSA) is 283 Å². The lowest BCUT2D eigenvalue weighted by Crippen LogP contribution is -2.14. The van der Waals surface area contributed by atoms with Gasteiger partial charge in [-0.25, -0.2) is 4.98 Å². The van der Waals surface area contributed by atoms with Gasteiger partial charge >= 0.3 is 0 Å². The van der Waals surface area contributed by atoms with Gasteiger partial charge < -0.3 is 26.0 Å². The fraction of sp³-hybridized carbons (Fsp3) is 0.233. The molecule has 0 aliphatic carbocycles. The van der Waals surface area contributed by atoms with E-state index in [-0.39, 0.29) is 74.3 Å². The minimum atomic E-state index is -4.82. The van der Waals surface area contributed by atoms with Gasteiger partial charge in [-0.2, -0.15) is 37.0 Å². The first-order chi connectivity index (χ1) is 25.1. The standard InChI is InChI=1S/C30H32ClN11O8S3/c1-4-51(43)14-12-34-26-22(17-32)18(2)25(27(37-26)33-11-6-13-50-3)42-41-23-16-20(9-10-24(23)53(47,48)49)36-30-39-28(31)38-29(40-30)35-19-7-5-8-21(15-19)52(44,45)46/h4-5,7-10,15-16H,1,6,11-14H2,2-3H3,(H2,33,34,37)(H,44,45,46)(H,47,48,49)(H2,35,36,38,39,40). The zero-order valence-electron chi connectivity index (χ0n) is 27.9. The van der Waals surface area contributed by atoms with Gasteiger partial charge in [-0.3, -0.25) is 13.3 Å². The van der Waals surface area contributed by atoms with Gasteiger partial charge in [0.15, 0.2) is 5.82 Å². The predicted molar refractivity (Wildman–Crippen MR) is 198 cm³/mol. The van der Waals surface area contributed by atoms with E-state index >= 15 is 0 Å². The Labute approximate surface area is 312 Å². The maximum atomic E-state index is 12.3. The number of rotatable bonds is 18. The largest absolute Gasteiger partial charge is 0.385 e. The number of ether oxygens (including phenoxy) is 1. The summed E-state index contributed by atoms with van der Waals surface area (Å²) in [5.74, 6) is 0.346. The summed E-state index contributed by atoms with van der Waals surface area (Å²) in [4.78, 5) is 15.7. The average Bonchev–Trinajstić information content (AvgIpc) is 3.09. The Morgan fingerprint density at radius 3 is 2.26 bits per heavy atom. The maximum absolute atomic E-state index is 12.3. The summed E-state index contributed by atoms with van der Waals surface area (Å²) in [5, 5.41) is 31.1. The van der Waals surface area contributed by atoms with Crippen molar-refractivity contribution in [1.29, 1.82) is 5.26 Å². The molecule has 0 bridgehead atoms. The summed E-state index contributed by atoms with van der Waals surface area (Å²) in [7, 11) is -9.05. The normalized spacial score (nSPS) is 12.2. The number of anilines is 6. The molecule has 0 saturated heterocycles. The molecule has 4 rings (SSSR count). The van der Waals surface area contributed by atoms with E-state index in [2.05, 4.69) is 64.1 Å². The van der Waals surface area contributed by atoms with Crippen LogP contribution in [-0.2, 0) is 35.8 Å². The highest BCUT2D eigenvalue weighted by atomic mass is 35.5. The Balaban J connectivity index is 1.71. The van der Waals surface area contributed by atoms with Gasteiger partial charge in [0.25, 0.3) is 20.2 Å². The third-order valence-corrected chi connectivity index (χ3v) is 9.77. The monoisotopic (exact) mass is 805 g/mol. The number of hydrogen-bond acceptors (Lipinski definition) is 17. The zero-order chi connectivity index (χ0) is 38.8. The molecule has 19 nitrogen and oxygen atoms in total. The van der Waals surface area contributed by atoms with Gasteiger partial charge in [0.2, 0.25) is 17.2 Å². The van der Waals surface area contributed by atoms with E-state index in [1.807, 2.05) is 0 Å². The van der Waals surface area contributed by atoms with Crippen molar-refractivity contribution in [2.75, 3.05) is 53.8 Å². The molecule has 0 saturated carbocycles. The van der Waals surface area contributed by atoms with E-state index in [4.69, 9.17) is 16.3 Å². The van der Waals surface area contributed by atoms with E-state index in [0.717, 1.165) is 12.1 Å². The second-order valence-corrected chi connectivity index (χ2v) is 15.2. The molecule has 0 fully saturated rings. The van der Waals surface area contributed by atoms with Crippen molar-refractivity contribution < 1.29 is 34.9 Å². The number of nitrogens with one attached hydrogen (secondary N) is 4. The molecule has 23 heteroatoms. The van der Waals surface area contributed by atoms with E-state index < -0.39 is 35.9 Å². The number of nitriles is 1. The minimum Gasteiger partial charge on any atom is -0.385 e. The minimum absolute atomic E-state index is 0.0943. The van der Waals surface area contributed by atoms with E-state index in [0.29, 0.717) is 25.1 Å². The Hall–Kier alpha value is -5.15. The van der Waals surface area contributed by atoms with Crippen LogP contribution in [0.3, 0.4) is 0 Å². The summed E-state index contributed by atoms with van der Waals surface area (Å²) >= 11 is 6.10. The van der Waals surface area contributed by atoms with Gasteiger partial charge in [-0.15, -0.1) is 10.2 Å². The van der Waals surface area contributed by atoms with Gasteiger partial charge in [0.05, 0.1) is 10.5 Å². The van der Waals surface area contributed by atoms with Crippen molar-refractivity contribution >= 4 is 88.9 Å². The molecule has 0 spiro atoms. The number of azo groups is 1. The highest BCUT2D eigenvalue weighted by Gasteiger charge is 2.20. The summed E-state index contributed by atoms with van der Waals surface area (Å²) in [6, 6.07) is 10.8. The van der Waals surface area contributed by atoms with Crippen LogP contribution in [0, 0.1) is 18.3 Å². The quantitative estimate of drug-likeness (QED) is 0.0425. The van der Waals surface area contributed by atoms with Crippen LogP contribution in [0.5, 0.6) is 0 Å². The second kappa shape index (κ2) is 18.1. The van der Waals surface area contributed by atoms with E-state index in [9.17, 15) is 35.4 Å². The van der Waals surface area contributed by atoms with Crippen molar-refractivity contribution in [2.45, 2.75) is 23.1 Å². The second-order valence-electron chi connectivity index (χ2n) is 10.6. The zero-order valence-corrected chi connectivity index (χ0v) is 31.1. The third kappa shape index (κ3) is 11.4. The lowest BCUT2D eigenvalue weighted by molar-refractivity contribution is 0.198. The van der Waals surface area contributed by atoms with Gasteiger partial charge in [-0.05, 0) is 66.8 Å². The predicted octanol–water partition coefficient (Wildman–Crippen LogP) is 5.25. The molecule has 6 N–H and O–H groups in total. The Bertz CT molecular complexity index is 2320. The smallest absolute Gasteiger partial charge is 0.296 e. The Morgan fingerprint density at radius 1 is 0.962 bits per heavy atom. The molecule has 2 heterocycles. The van der Waals surface area contributed by atoms with Crippen molar-refractivity contribution in [3.63, 3.8) is 0 Å². The van der Waals surface area contributed by atoms with E-state index in [1.165, 1.54) is 35.7 Å². The summed E-state index contributed by atoms with van der Waals surface area (Å²) < 4.78 is 84.1. The molecule has 2 aromatic heterocycles. The first-order valence-electron chi connectivity index (χ1n) is 15.1. The summed E-state index contributed by atoms with van der Waals surface area (Å²) in [6.07, 6.45) is 0.574. The van der Waals surface area contributed by atoms with Crippen LogP contribution in [0.1, 0.15) is 17.5 Å². The number of hydrogen-bond donors (Lipinski definition) is 6. The number of methoxy groups -OCH3 is 1. The number of nitrogens with zero attached hydrogens (tertiary/aromatic N) is 7. The van der Waals surface area contributed by atoms with Crippen molar-refractivity contribution in [3.05, 3.63) is 70.9 Å². The van der Waals surface area contributed by atoms with E-state index in [1.54, 1.807) is 14.0 Å². The molecule has 0 aliphatic heterocycles. The van der Waals surface area contributed by atoms with Crippen molar-refractivity contribution in [1.82, 2.24) is 19.9 Å². The fourth-order valence-electron chi connectivity index (χ4n) is 4.43. The van der Waals surface area contributed by atoms with Gasteiger partial charge in [0.1, 0.15) is 28.2 Å². The lowest BCUT2D eigenvalue weighted by atomic mass is 10.1. The van der Waals surface area contributed by atoms with Crippen LogP contribution >= 0.6 is 11.6 Å². The highest BCUT2D eigenvalue weighted by Crippen LogP contribution is 2.37. The molecular formula is C30H32ClN11O8S3. The molecule has 2 aromatic carbocycles. The van der Waals surface area contributed by atoms with Crippen molar-refractivity contribution in [3.8, 4) is 6.07 Å². The van der Waals surface area contributed by atoms with Crippen LogP contribution in [0.4, 0.5) is 46.3 Å². The lowest BCUT2D eigenvalue weighted by Gasteiger charge is -2.15. The summed E-state index contributed by atoms with van der Waals surface area (Å²) in [5.41, 5.74) is 0.565. The number of pyridine rings is 1. The molecule has 53 heavy (non-hydrogen) atoms. The first kappa shape index (κ1) is 40.6. The molecule has 1 unspecified atom stereocenters. The van der Waals surface area contributed by atoms with Gasteiger partial charge in [0, 0.05) is 60.3 Å². The molecule has 0 aliphatic rings. The van der Waals surface area contributed by atoms with Crippen LogP contribution in [0.25, 0.3) is 0 Å². The molecule has 4 aromatic rings. The van der Waals surface area contributed by atoms with Crippen LogP contribution in [0.15, 0.2) is 74.5 Å². The van der Waals surface area contributed by atoms with Gasteiger partial charge in [-0.1, -0.05) is 12.6 Å². The fourth-order valence-corrected chi connectivity index (χ4v) is 6.19. The highest BCUT2D eigenvalue weighted by molar-refractivity contribution is 7.88. The van der Waals surface area contributed by atoms with Crippen LogP contribution in [0.2, 0.25) is 5.28 Å². The Morgan fingerprint density at radius 2 is 1.64 bits per heavy atom. The summed E-state index contributed by atoms with van der Waals surface area (Å²) in [6.45, 7) is 6.11. The molecule has 1 atom stereocenters.